The fraction of sp³-hybridized carbons (Fsp3) is 0.200. The molecule has 1 atom stereocenters. The zero-order valence-electron chi connectivity index (χ0n) is 11.5. The number of anilines is 1. The lowest BCUT2D eigenvalue weighted by atomic mass is 10.2. The minimum absolute atomic E-state index is 0.280. The maximum absolute atomic E-state index is 4.13. The first-order chi connectivity index (χ1) is 10.2. The number of hydrogen-bond donors (Lipinski definition) is 1. The van der Waals surface area contributed by atoms with Crippen LogP contribution in [0.2, 0.25) is 0 Å². The van der Waals surface area contributed by atoms with Crippen molar-refractivity contribution >= 4 is 33.0 Å². The van der Waals surface area contributed by atoms with Crippen LogP contribution in [0.15, 0.2) is 52.8 Å². The number of rotatable bonds is 5. The molecule has 0 aliphatic heterocycles. The normalized spacial score (nSPS) is 12.3. The average Bonchev–Trinajstić information content (AvgIpc) is 3.11. The quantitative estimate of drug-likeness (QED) is 0.734. The molecule has 0 fully saturated rings. The molecule has 2 heterocycles. The van der Waals surface area contributed by atoms with Gasteiger partial charge in [-0.1, -0.05) is 12.1 Å². The first kappa shape index (κ1) is 14.3. The van der Waals surface area contributed by atoms with Gasteiger partial charge >= 0.3 is 0 Å². The van der Waals surface area contributed by atoms with Gasteiger partial charge in [-0.3, -0.25) is 0 Å². The van der Waals surface area contributed by atoms with Gasteiger partial charge in [0.25, 0.3) is 0 Å². The number of aromatic nitrogens is 3. The van der Waals surface area contributed by atoms with Crippen LogP contribution in [0.5, 0.6) is 0 Å². The van der Waals surface area contributed by atoms with Crippen molar-refractivity contribution in [2.75, 3.05) is 5.32 Å². The highest BCUT2D eigenvalue weighted by molar-refractivity contribution is 9.11. The van der Waals surface area contributed by atoms with Crippen molar-refractivity contribution in [3.05, 3.63) is 63.3 Å². The Morgan fingerprint density at radius 2 is 2.24 bits per heavy atom. The zero-order valence-corrected chi connectivity index (χ0v) is 13.9. The summed E-state index contributed by atoms with van der Waals surface area (Å²) >= 11 is 5.26. The molecule has 4 nitrogen and oxygen atoms in total. The second-order valence-corrected chi connectivity index (χ2v) is 7.30. The third-order valence-electron chi connectivity index (χ3n) is 3.14. The predicted molar refractivity (Wildman–Crippen MR) is 89.6 cm³/mol. The van der Waals surface area contributed by atoms with E-state index in [4.69, 9.17) is 0 Å². The van der Waals surface area contributed by atoms with Gasteiger partial charge in [0.1, 0.15) is 12.7 Å². The minimum atomic E-state index is 0.280. The first-order valence-electron chi connectivity index (χ1n) is 6.64. The predicted octanol–water partition coefficient (Wildman–Crippen LogP) is 4.32. The smallest absolute Gasteiger partial charge is 0.137 e. The molecule has 0 amide bonds. The number of nitrogens with one attached hydrogen (secondary N) is 1. The maximum Gasteiger partial charge on any atom is 0.137 e. The topological polar surface area (TPSA) is 42.7 Å². The van der Waals surface area contributed by atoms with Crippen LogP contribution in [0.1, 0.15) is 23.4 Å². The molecule has 1 N–H and O–H groups in total. The molecule has 0 saturated carbocycles. The summed E-state index contributed by atoms with van der Waals surface area (Å²) < 4.78 is 2.98. The lowest BCUT2D eigenvalue weighted by molar-refractivity contribution is 0.685. The second kappa shape index (κ2) is 6.41. The minimum Gasteiger partial charge on any atom is -0.378 e. The summed E-state index contributed by atoms with van der Waals surface area (Å²) in [7, 11) is 0. The monoisotopic (exact) mass is 362 g/mol. The molecule has 2 aromatic heterocycles. The van der Waals surface area contributed by atoms with Gasteiger partial charge in [-0.05, 0) is 52.7 Å². The highest BCUT2D eigenvalue weighted by Crippen LogP contribution is 2.29. The van der Waals surface area contributed by atoms with E-state index in [1.807, 2.05) is 4.68 Å². The van der Waals surface area contributed by atoms with E-state index in [0.29, 0.717) is 0 Å². The molecule has 0 saturated heterocycles. The molecular formula is C15H15BrN4S. The third kappa shape index (κ3) is 3.71. The Hall–Kier alpha value is -1.66. The Bertz CT molecular complexity index is 708. The van der Waals surface area contributed by atoms with Crippen LogP contribution >= 0.6 is 27.3 Å². The van der Waals surface area contributed by atoms with Crippen molar-refractivity contribution in [1.29, 1.82) is 0 Å². The summed E-state index contributed by atoms with van der Waals surface area (Å²) in [4.78, 5) is 5.27. The van der Waals surface area contributed by atoms with Crippen molar-refractivity contribution in [2.45, 2.75) is 19.5 Å². The molecule has 0 aliphatic rings. The number of nitrogens with zero attached hydrogens (tertiary/aromatic N) is 3. The molecule has 1 aromatic carbocycles. The van der Waals surface area contributed by atoms with Crippen LogP contribution in [0, 0.1) is 0 Å². The number of thiophene rings is 1. The van der Waals surface area contributed by atoms with E-state index in [0.717, 1.165) is 16.0 Å². The van der Waals surface area contributed by atoms with Crippen LogP contribution in [0.25, 0.3) is 0 Å². The van der Waals surface area contributed by atoms with Gasteiger partial charge in [0.2, 0.25) is 0 Å². The summed E-state index contributed by atoms with van der Waals surface area (Å²) in [6, 6.07) is 12.9. The zero-order chi connectivity index (χ0) is 14.7. The van der Waals surface area contributed by atoms with E-state index in [1.54, 1.807) is 24.0 Å². The van der Waals surface area contributed by atoms with E-state index in [1.165, 1.54) is 10.4 Å². The summed E-state index contributed by atoms with van der Waals surface area (Å²) in [6.45, 7) is 2.90. The fourth-order valence-electron chi connectivity index (χ4n) is 2.14. The Morgan fingerprint density at radius 1 is 1.33 bits per heavy atom. The Morgan fingerprint density at radius 3 is 2.95 bits per heavy atom. The van der Waals surface area contributed by atoms with E-state index < -0.39 is 0 Å². The van der Waals surface area contributed by atoms with E-state index in [9.17, 15) is 0 Å². The third-order valence-corrected chi connectivity index (χ3v) is 4.95. The lowest BCUT2D eigenvalue weighted by Crippen LogP contribution is -2.06. The summed E-state index contributed by atoms with van der Waals surface area (Å²) in [5.74, 6) is 0. The largest absolute Gasteiger partial charge is 0.378 e. The van der Waals surface area contributed by atoms with Crippen LogP contribution in [0.4, 0.5) is 5.69 Å². The second-order valence-electron chi connectivity index (χ2n) is 4.80. The van der Waals surface area contributed by atoms with Crippen molar-refractivity contribution < 1.29 is 0 Å². The van der Waals surface area contributed by atoms with Crippen molar-refractivity contribution in [3.63, 3.8) is 0 Å². The fourth-order valence-corrected chi connectivity index (χ4v) is 3.57. The van der Waals surface area contributed by atoms with Gasteiger partial charge in [0.15, 0.2) is 0 Å². The van der Waals surface area contributed by atoms with Crippen LogP contribution in [-0.4, -0.2) is 14.8 Å². The lowest BCUT2D eigenvalue weighted by Gasteiger charge is -2.14. The maximum atomic E-state index is 4.13. The average molecular weight is 363 g/mol. The van der Waals surface area contributed by atoms with Gasteiger partial charge < -0.3 is 5.32 Å². The van der Waals surface area contributed by atoms with Gasteiger partial charge in [-0.2, -0.15) is 5.10 Å². The highest BCUT2D eigenvalue weighted by atomic mass is 79.9. The van der Waals surface area contributed by atoms with Crippen molar-refractivity contribution in [3.8, 4) is 0 Å². The number of hydrogen-bond acceptors (Lipinski definition) is 4. The Balaban J connectivity index is 1.71. The molecule has 3 rings (SSSR count). The Labute approximate surface area is 136 Å². The summed E-state index contributed by atoms with van der Waals surface area (Å²) in [5.41, 5.74) is 2.31. The van der Waals surface area contributed by atoms with Gasteiger partial charge in [-0.25, -0.2) is 9.67 Å². The molecule has 1 unspecified atom stereocenters. The van der Waals surface area contributed by atoms with E-state index >= 15 is 0 Å². The van der Waals surface area contributed by atoms with E-state index in [-0.39, 0.29) is 6.04 Å². The Kier molecular flexibility index (Phi) is 4.36. The molecule has 0 aliphatic carbocycles. The number of benzene rings is 1. The molecule has 108 valence electrons. The molecular weight excluding hydrogens is 348 g/mol. The molecule has 21 heavy (non-hydrogen) atoms. The molecule has 0 spiro atoms. The number of halogens is 1. The molecule has 6 heteroatoms. The van der Waals surface area contributed by atoms with Gasteiger partial charge in [0, 0.05) is 10.6 Å². The highest BCUT2D eigenvalue weighted by Gasteiger charge is 2.08. The van der Waals surface area contributed by atoms with Crippen LogP contribution < -0.4 is 5.32 Å². The van der Waals surface area contributed by atoms with Gasteiger partial charge in [0.05, 0.1) is 16.4 Å². The van der Waals surface area contributed by atoms with E-state index in [2.05, 4.69) is 74.7 Å². The van der Waals surface area contributed by atoms with Crippen LogP contribution in [-0.2, 0) is 6.54 Å². The SMILES string of the molecule is CC(Nc1cccc(Cn2cncn2)c1)c1ccc(Br)s1. The van der Waals surface area contributed by atoms with Gasteiger partial charge in [-0.15, -0.1) is 11.3 Å². The first-order valence-corrected chi connectivity index (χ1v) is 8.25. The van der Waals surface area contributed by atoms with Crippen molar-refractivity contribution in [1.82, 2.24) is 14.8 Å². The molecule has 3 aromatic rings. The van der Waals surface area contributed by atoms with Crippen LogP contribution in [0.3, 0.4) is 0 Å². The van der Waals surface area contributed by atoms with Crippen molar-refractivity contribution in [2.24, 2.45) is 0 Å². The summed E-state index contributed by atoms with van der Waals surface area (Å²) in [6.07, 6.45) is 3.28. The standard InChI is InChI=1S/C15H15BrN4S/c1-11(14-5-6-15(16)21-14)19-13-4-2-3-12(7-13)8-20-10-17-9-18-20/h2-7,9-11,19H,8H2,1H3. The summed E-state index contributed by atoms with van der Waals surface area (Å²) in [5, 5.41) is 7.67. The molecule has 0 bridgehead atoms. The molecule has 0 radical (unpaired) electrons.